The highest BCUT2D eigenvalue weighted by atomic mass is 19.1. The van der Waals surface area contributed by atoms with Crippen molar-refractivity contribution in [3.8, 4) is 11.6 Å². The van der Waals surface area contributed by atoms with E-state index in [4.69, 9.17) is 10.5 Å². The fourth-order valence-electron chi connectivity index (χ4n) is 3.84. The van der Waals surface area contributed by atoms with Gasteiger partial charge >= 0.3 is 5.69 Å². The van der Waals surface area contributed by atoms with E-state index in [0.29, 0.717) is 34.0 Å². The van der Waals surface area contributed by atoms with Gasteiger partial charge in [-0.2, -0.15) is 4.98 Å². The summed E-state index contributed by atoms with van der Waals surface area (Å²) in [5.41, 5.74) is 9.01. The molecule has 0 aliphatic carbocycles. The van der Waals surface area contributed by atoms with Crippen molar-refractivity contribution >= 4 is 34.0 Å². The van der Waals surface area contributed by atoms with Gasteiger partial charge in [0.15, 0.2) is 0 Å². The fourth-order valence-corrected chi connectivity index (χ4v) is 3.84. The molecule has 0 radical (unpaired) electrons. The van der Waals surface area contributed by atoms with E-state index in [2.05, 4.69) is 25.1 Å². The second kappa shape index (κ2) is 9.63. The van der Waals surface area contributed by atoms with Crippen molar-refractivity contribution in [2.75, 3.05) is 57.3 Å². The lowest BCUT2D eigenvalue weighted by Gasteiger charge is -2.24. The minimum atomic E-state index is -0.421. The van der Waals surface area contributed by atoms with E-state index in [1.807, 2.05) is 27.2 Å². The summed E-state index contributed by atoms with van der Waals surface area (Å²) < 4.78 is 22.1. The van der Waals surface area contributed by atoms with E-state index in [1.165, 1.54) is 21.3 Å². The van der Waals surface area contributed by atoms with Crippen LogP contribution < -0.4 is 26.4 Å². The zero-order valence-corrected chi connectivity index (χ0v) is 20.4. The van der Waals surface area contributed by atoms with Crippen LogP contribution in [0.1, 0.15) is 0 Å². The lowest BCUT2D eigenvalue weighted by molar-refractivity contribution is 0.413. The van der Waals surface area contributed by atoms with Crippen LogP contribution in [0, 0.1) is 5.82 Å². The predicted octanol–water partition coefficient (Wildman–Crippen LogP) is 2.59. The van der Waals surface area contributed by atoms with Gasteiger partial charge in [-0.3, -0.25) is 4.57 Å². The van der Waals surface area contributed by atoms with Crippen molar-refractivity contribution < 1.29 is 9.13 Å². The number of halogens is 1. The molecule has 3 N–H and O–H groups in total. The summed E-state index contributed by atoms with van der Waals surface area (Å²) in [6.45, 7) is 1.67. The maximum atomic E-state index is 13.7. The van der Waals surface area contributed by atoms with Gasteiger partial charge in [-0.05, 0) is 38.4 Å². The van der Waals surface area contributed by atoms with Crippen LogP contribution in [-0.2, 0) is 7.05 Å². The number of nitrogens with zero attached hydrogens (tertiary/aromatic N) is 6. The smallest absolute Gasteiger partial charge is 0.334 e. The van der Waals surface area contributed by atoms with E-state index in [0.717, 1.165) is 18.8 Å². The van der Waals surface area contributed by atoms with Gasteiger partial charge in [-0.1, -0.05) is 0 Å². The lowest BCUT2D eigenvalue weighted by atomic mass is 10.2. The van der Waals surface area contributed by atoms with Gasteiger partial charge in [0.2, 0.25) is 5.95 Å². The number of rotatable bonds is 8. The molecular formula is C24H29FN8O2. The van der Waals surface area contributed by atoms with E-state index in [-0.39, 0.29) is 11.6 Å². The van der Waals surface area contributed by atoms with Crippen LogP contribution in [0.4, 0.5) is 27.4 Å². The molecule has 0 spiro atoms. The summed E-state index contributed by atoms with van der Waals surface area (Å²) in [5.74, 6) is 0.741. The monoisotopic (exact) mass is 480 g/mol. The molecule has 2 aromatic heterocycles. The standard InChI is InChI=1S/C24H29FN8O2/c1-30(2)10-11-31(3)19-14-21(35-5)17(13-16(19)26)28-23-27-9-8-22(29-23)33-18-7-6-15(25)12-20(18)32(4)24(33)34/h6-9,12-14H,10-11,26H2,1-5H3,(H,27,28,29). The van der Waals surface area contributed by atoms with Crippen LogP contribution in [0.5, 0.6) is 5.75 Å². The molecule has 0 unspecified atom stereocenters. The maximum Gasteiger partial charge on any atom is 0.334 e. The molecular weight excluding hydrogens is 451 g/mol. The molecule has 184 valence electrons. The Morgan fingerprint density at radius 1 is 1.11 bits per heavy atom. The Morgan fingerprint density at radius 3 is 2.60 bits per heavy atom. The highest BCUT2D eigenvalue weighted by molar-refractivity contribution is 5.80. The molecule has 0 atom stereocenters. The normalized spacial score (nSPS) is 11.3. The molecule has 0 aliphatic heterocycles. The third-order valence-corrected chi connectivity index (χ3v) is 5.78. The van der Waals surface area contributed by atoms with Crippen molar-refractivity contribution in [1.82, 2.24) is 24.0 Å². The first-order chi connectivity index (χ1) is 16.7. The second-order valence-corrected chi connectivity index (χ2v) is 8.51. The Balaban J connectivity index is 1.68. The van der Waals surface area contributed by atoms with Gasteiger partial charge in [0.05, 0.1) is 35.2 Å². The number of nitrogens with one attached hydrogen (secondary N) is 1. The van der Waals surface area contributed by atoms with Crippen LogP contribution in [0.15, 0.2) is 47.4 Å². The molecule has 0 saturated carbocycles. The van der Waals surface area contributed by atoms with Crippen molar-refractivity contribution in [3.63, 3.8) is 0 Å². The van der Waals surface area contributed by atoms with E-state index in [1.54, 1.807) is 38.6 Å². The summed E-state index contributed by atoms with van der Waals surface area (Å²) in [7, 11) is 9.17. The number of methoxy groups -OCH3 is 1. The first-order valence-electron chi connectivity index (χ1n) is 11.0. The second-order valence-electron chi connectivity index (χ2n) is 8.51. The molecule has 0 aliphatic rings. The Morgan fingerprint density at radius 2 is 1.89 bits per heavy atom. The number of likely N-dealkylation sites (N-methyl/N-ethyl adjacent to an activating group) is 2. The van der Waals surface area contributed by atoms with Crippen LogP contribution in [0.25, 0.3) is 16.9 Å². The Hall–Kier alpha value is -4.12. The molecule has 0 bridgehead atoms. The number of fused-ring (bicyclic) bond motifs is 1. The maximum absolute atomic E-state index is 13.7. The van der Waals surface area contributed by atoms with Gasteiger partial charge in [0.1, 0.15) is 17.4 Å². The number of aryl methyl sites for hydroxylation is 1. The molecule has 2 aromatic carbocycles. The number of aromatic nitrogens is 4. The number of nitrogens with two attached hydrogens (primary N) is 1. The predicted molar refractivity (Wildman–Crippen MR) is 137 cm³/mol. The Bertz CT molecular complexity index is 1430. The molecule has 0 saturated heterocycles. The van der Waals surface area contributed by atoms with Crippen LogP contribution in [-0.4, -0.2) is 65.3 Å². The molecule has 11 heteroatoms. The zero-order valence-electron chi connectivity index (χ0n) is 20.4. The highest BCUT2D eigenvalue weighted by Crippen LogP contribution is 2.36. The molecule has 10 nitrogen and oxygen atoms in total. The SMILES string of the molecule is COc1cc(N(C)CCN(C)C)c(N)cc1Nc1nccc(-n2c(=O)n(C)c3cc(F)ccc32)n1. The van der Waals surface area contributed by atoms with Crippen LogP contribution >= 0.6 is 0 Å². The van der Waals surface area contributed by atoms with Gasteiger partial charge < -0.3 is 25.6 Å². The largest absolute Gasteiger partial charge is 0.494 e. The highest BCUT2D eigenvalue weighted by Gasteiger charge is 2.16. The Kier molecular flexibility index (Phi) is 6.61. The van der Waals surface area contributed by atoms with Crippen molar-refractivity contribution in [2.24, 2.45) is 7.05 Å². The lowest BCUT2D eigenvalue weighted by Crippen LogP contribution is -2.29. The number of benzene rings is 2. The molecule has 0 amide bonds. The zero-order chi connectivity index (χ0) is 25.3. The van der Waals surface area contributed by atoms with Gasteiger partial charge in [0, 0.05) is 45.5 Å². The number of ether oxygens (including phenoxy) is 1. The molecule has 4 rings (SSSR count). The fraction of sp³-hybridized carbons (Fsp3) is 0.292. The third-order valence-electron chi connectivity index (χ3n) is 5.78. The number of hydrogen-bond acceptors (Lipinski definition) is 8. The summed E-state index contributed by atoms with van der Waals surface area (Å²) in [5, 5.41) is 3.14. The minimum absolute atomic E-state index is 0.250. The topological polar surface area (TPSA) is 106 Å². The molecule has 35 heavy (non-hydrogen) atoms. The van der Waals surface area contributed by atoms with Crippen molar-refractivity contribution in [3.05, 3.63) is 58.9 Å². The number of imidazole rings is 1. The van der Waals surface area contributed by atoms with Gasteiger partial charge in [0.25, 0.3) is 0 Å². The molecule has 2 heterocycles. The van der Waals surface area contributed by atoms with Gasteiger partial charge in [-0.15, -0.1) is 0 Å². The van der Waals surface area contributed by atoms with E-state index >= 15 is 0 Å². The third kappa shape index (κ3) is 4.76. The van der Waals surface area contributed by atoms with Gasteiger partial charge in [-0.25, -0.2) is 18.7 Å². The average Bonchev–Trinajstić information content (AvgIpc) is 3.07. The molecule has 4 aromatic rings. The Labute approximate surface area is 202 Å². The summed E-state index contributed by atoms with van der Waals surface area (Å²) in [6.07, 6.45) is 1.54. The number of hydrogen-bond donors (Lipinski definition) is 2. The van der Waals surface area contributed by atoms with E-state index < -0.39 is 5.82 Å². The first kappa shape index (κ1) is 24.0. The summed E-state index contributed by atoms with van der Waals surface area (Å²) >= 11 is 0. The average molecular weight is 481 g/mol. The first-order valence-corrected chi connectivity index (χ1v) is 11.0. The van der Waals surface area contributed by atoms with Crippen molar-refractivity contribution in [2.45, 2.75) is 0 Å². The van der Waals surface area contributed by atoms with E-state index in [9.17, 15) is 9.18 Å². The summed E-state index contributed by atoms with van der Waals surface area (Å²) in [4.78, 5) is 25.9. The molecule has 0 fully saturated rings. The quantitative estimate of drug-likeness (QED) is 0.371. The summed E-state index contributed by atoms with van der Waals surface area (Å²) in [6, 6.07) is 9.42. The van der Waals surface area contributed by atoms with Crippen LogP contribution in [0.3, 0.4) is 0 Å². The number of nitrogen functional groups attached to an aromatic ring is 1. The van der Waals surface area contributed by atoms with Crippen molar-refractivity contribution in [1.29, 1.82) is 0 Å². The van der Waals surface area contributed by atoms with Crippen LogP contribution in [0.2, 0.25) is 0 Å². The number of anilines is 4. The minimum Gasteiger partial charge on any atom is -0.494 e.